The van der Waals surface area contributed by atoms with Crippen molar-refractivity contribution < 1.29 is 14.6 Å². The van der Waals surface area contributed by atoms with Gasteiger partial charge in [0.2, 0.25) is 0 Å². The van der Waals surface area contributed by atoms with Gasteiger partial charge in [-0.25, -0.2) is 0 Å². The Balaban J connectivity index is 1.78. The first kappa shape index (κ1) is 11.9. The summed E-state index contributed by atoms with van der Waals surface area (Å²) in [6, 6.07) is 0. The number of rotatable bonds is 2. The van der Waals surface area contributed by atoms with E-state index in [0.29, 0.717) is 24.0 Å². The highest BCUT2D eigenvalue weighted by Gasteiger charge is 2.58. The second-order valence-electron chi connectivity index (χ2n) is 6.30. The van der Waals surface area contributed by atoms with Crippen LogP contribution in [0.25, 0.3) is 0 Å². The first-order chi connectivity index (χ1) is 8.14. The van der Waals surface area contributed by atoms with Crippen molar-refractivity contribution in [3.05, 3.63) is 0 Å². The average Bonchev–Trinajstić information content (AvgIpc) is 2.61. The quantitative estimate of drug-likeness (QED) is 0.803. The predicted molar refractivity (Wildman–Crippen MR) is 64.8 cm³/mol. The Labute approximate surface area is 103 Å². The van der Waals surface area contributed by atoms with Crippen molar-refractivity contribution in [3.8, 4) is 0 Å². The fourth-order valence-corrected chi connectivity index (χ4v) is 4.06. The molecule has 2 bridgehead atoms. The summed E-state index contributed by atoms with van der Waals surface area (Å²) in [6.45, 7) is 4.87. The molecular weight excluding hydrogens is 216 g/mol. The minimum absolute atomic E-state index is 0.0192. The van der Waals surface area contributed by atoms with E-state index in [0.717, 1.165) is 32.1 Å². The van der Waals surface area contributed by atoms with E-state index in [9.17, 15) is 0 Å². The molecule has 17 heavy (non-hydrogen) atoms. The Morgan fingerprint density at radius 2 is 2.06 bits per heavy atom. The summed E-state index contributed by atoms with van der Waals surface area (Å²) < 4.78 is 12.5. The standard InChI is InChI=1S/C14H24O3/c1-9-7-14-8-12(10(9)2)16-13(14)4-3-11(17-14)5-6-15/h9-13,15H,3-8H2,1-2H3/t9-,10-,11-,12+,13+,14+/m1/s1. The van der Waals surface area contributed by atoms with Gasteiger partial charge in [0.05, 0.1) is 23.9 Å². The van der Waals surface area contributed by atoms with Crippen molar-refractivity contribution in [1.29, 1.82) is 0 Å². The lowest BCUT2D eigenvalue weighted by atomic mass is 9.70. The summed E-state index contributed by atoms with van der Waals surface area (Å²) >= 11 is 0. The van der Waals surface area contributed by atoms with Gasteiger partial charge in [-0.15, -0.1) is 0 Å². The molecule has 0 aromatic rings. The Morgan fingerprint density at radius 1 is 1.24 bits per heavy atom. The van der Waals surface area contributed by atoms with Crippen LogP contribution in [-0.4, -0.2) is 35.6 Å². The zero-order valence-corrected chi connectivity index (χ0v) is 10.9. The number of fused-ring (bicyclic) bond motifs is 1. The van der Waals surface area contributed by atoms with Gasteiger partial charge in [0.1, 0.15) is 0 Å². The van der Waals surface area contributed by atoms with Crippen molar-refractivity contribution in [2.75, 3.05) is 6.61 Å². The minimum atomic E-state index is -0.0192. The highest BCUT2D eigenvalue weighted by atomic mass is 16.6. The molecule has 3 nitrogen and oxygen atoms in total. The predicted octanol–water partition coefficient (Wildman–Crippen LogP) is 2.12. The van der Waals surface area contributed by atoms with Gasteiger partial charge in [-0.2, -0.15) is 0 Å². The number of ether oxygens (including phenoxy) is 2. The van der Waals surface area contributed by atoms with E-state index in [-0.39, 0.29) is 18.3 Å². The van der Waals surface area contributed by atoms with Crippen LogP contribution >= 0.6 is 0 Å². The van der Waals surface area contributed by atoms with E-state index in [2.05, 4.69) is 13.8 Å². The molecule has 0 amide bonds. The van der Waals surface area contributed by atoms with Gasteiger partial charge >= 0.3 is 0 Å². The van der Waals surface area contributed by atoms with Gasteiger partial charge in [0, 0.05) is 13.0 Å². The summed E-state index contributed by atoms with van der Waals surface area (Å²) in [5.74, 6) is 1.35. The summed E-state index contributed by atoms with van der Waals surface area (Å²) in [5.41, 5.74) is -0.0192. The highest BCUT2D eigenvalue weighted by Crippen LogP contribution is 2.52. The molecule has 3 fully saturated rings. The van der Waals surface area contributed by atoms with Crippen molar-refractivity contribution in [1.82, 2.24) is 0 Å². The van der Waals surface area contributed by atoms with Crippen LogP contribution in [0.15, 0.2) is 0 Å². The Bertz CT molecular complexity index is 293. The molecule has 3 aliphatic rings. The summed E-state index contributed by atoms with van der Waals surface area (Å²) in [5, 5.41) is 9.06. The number of hydrogen-bond acceptors (Lipinski definition) is 3. The van der Waals surface area contributed by atoms with Crippen molar-refractivity contribution >= 4 is 0 Å². The maximum absolute atomic E-state index is 9.06. The Kier molecular flexibility index (Phi) is 2.96. The fraction of sp³-hybridized carbons (Fsp3) is 1.00. The lowest BCUT2D eigenvalue weighted by Crippen LogP contribution is -2.51. The first-order valence-electron chi connectivity index (χ1n) is 7.09. The molecule has 0 radical (unpaired) electrons. The molecular formula is C14H24O3. The van der Waals surface area contributed by atoms with E-state index >= 15 is 0 Å². The van der Waals surface area contributed by atoms with Crippen LogP contribution in [0.4, 0.5) is 0 Å². The summed E-state index contributed by atoms with van der Waals surface area (Å²) in [6.07, 6.45) is 6.11. The van der Waals surface area contributed by atoms with E-state index in [1.54, 1.807) is 0 Å². The topological polar surface area (TPSA) is 38.7 Å². The molecule has 1 N–H and O–H groups in total. The summed E-state index contributed by atoms with van der Waals surface area (Å²) in [4.78, 5) is 0. The third kappa shape index (κ3) is 1.83. The smallest absolute Gasteiger partial charge is 0.0974 e. The van der Waals surface area contributed by atoms with Crippen molar-refractivity contribution in [2.24, 2.45) is 11.8 Å². The molecule has 1 saturated carbocycles. The maximum atomic E-state index is 9.06. The SMILES string of the molecule is C[C@@H]1[C@H](C)C[C@]23C[C@@H]1O[C@H]2CC[C@H](CCO)O3. The molecule has 1 aliphatic carbocycles. The van der Waals surface area contributed by atoms with Crippen LogP contribution < -0.4 is 0 Å². The highest BCUT2D eigenvalue weighted by molar-refractivity contribution is 5.07. The molecule has 0 aromatic heterocycles. The third-order valence-corrected chi connectivity index (χ3v) is 5.23. The lowest BCUT2D eigenvalue weighted by Gasteiger charge is -2.45. The molecule has 2 aliphatic heterocycles. The molecule has 2 heterocycles. The molecule has 3 heteroatoms. The second-order valence-corrected chi connectivity index (χ2v) is 6.30. The number of aliphatic hydroxyl groups is 1. The monoisotopic (exact) mass is 240 g/mol. The van der Waals surface area contributed by atoms with Gasteiger partial charge in [-0.3, -0.25) is 0 Å². The molecule has 0 unspecified atom stereocenters. The van der Waals surface area contributed by atoms with Crippen LogP contribution in [0.3, 0.4) is 0 Å². The average molecular weight is 240 g/mol. The van der Waals surface area contributed by atoms with E-state index in [1.807, 2.05) is 0 Å². The third-order valence-electron chi connectivity index (χ3n) is 5.23. The molecule has 1 spiro atoms. The molecule has 98 valence electrons. The molecule has 2 saturated heterocycles. The van der Waals surface area contributed by atoms with Gasteiger partial charge in [-0.05, 0) is 37.5 Å². The minimum Gasteiger partial charge on any atom is -0.396 e. The van der Waals surface area contributed by atoms with Gasteiger partial charge < -0.3 is 14.6 Å². The van der Waals surface area contributed by atoms with E-state index in [1.165, 1.54) is 0 Å². The molecule has 6 atom stereocenters. The Hall–Kier alpha value is -0.120. The molecule has 0 aromatic carbocycles. The number of hydrogen-bond donors (Lipinski definition) is 1. The first-order valence-corrected chi connectivity index (χ1v) is 7.09. The van der Waals surface area contributed by atoms with Crippen molar-refractivity contribution in [3.63, 3.8) is 0 Å². The van der Waals surface area contributed by atoms with E-state index < -0.39 is 0 Å². The molecule has 3 rings (SSSR count). The van der Waals surface area contributed by atoms with Crippen LogP contribution in [0.2, 0.25) is 0 Å². The van der Waals surface area contributed by atoms with Gasteiger partial charge in [0.25, 0.3) is 0 Å². The van der Waals surface area contributed by atoms with Crippen LogP contribution in [-0.2, 0) is 9.47 Å². The van der Waals surface area contributed by atoms with E-state index in [4.69, 9.17) is 14.6 Å². The van der Waals surface area contributed by atoms with Crippen LogP contribution in [0.1, 0.15) is 46.0 Å². The Morgan fingerprint density at radius 3 is 2.82 bits per heavy atom. The lowest BCUT2D eigenvalue weighted by molar-refractivity contribution is -0.172. The number of aliphatic hydroxyl groups excluding tert-OH is 1. The fourth-order valence-electron chi connectivity index (χ4n) is 4.06. The zero-order valence-electron chi connectivity index (χ0n) is 10.9. The maximum Gasteiger partial charge on any atom is 0.0974 e. The van der Waals surface area contributed by atoms with Gasteiger partial charge in [-0.1, -0.05) is 13.8 Å². The zero-order chi connectivity index (χ0) is 12.0. The van der Waals surface area contributed by atoms with Crippen LogP contribution in [0.5, 0.6) is 0 Å². The van der Waals surface area contributed by atoms with Crippen LogP contribution in [0, 0.1) is 11.8 Å². The normalized spacial score (nSPS) is 53.5. The van der Waals surface area contributed by atoms with Gasteiger partial charge in [0.15, 0.2) is 0 Å². The second kappa shape index (κ2) is 4.22. The largest absolute Gasteiger partial charge is 0.396 e. The van der Waals surface area contributed by atoms with Crippen molar-refractivity contribution in [2.45, 2.75) is 69.9 Å². The summed E-state index contributed by atoms with van der Waals surface area (Å²) in [7, 11) is 0.